The highest BCUT2D eigenvalue weighted by Gasteiger charge is 2.13. The van der Waals surface area contributed by atoms with Gasteiger partial charge in [-0.3, -0.25) is 14.6 Å². The molecule has 0 bridgehead atoms. The van der Waals surface area contributed by atoms with E-state index >= 15 is 0 Å². The molecule has 0 unspecified atom stereocenters. The molecule has 2 rings (SSSR count). The smallest absolute Gasteiger partial charge is 0.329 e. The second-order valence-electron chi connectivity index (χ2n) is 5.04. The largest absolute Gasteiger partial charge is 0.342 e. The molecule has 2 amide bonds. The van der Waals surface area contributed by atoms with E-state index in [0.717, 1.165) is 31.4 Å². The van der Waals surface area contributed by atoms with Gasteiger partial charge in [-0.05, 0) is 37.8 Å². The lowest BCUT2D eigenvalue weighted by Gasteiger charge is -2.05. The van der Waals surface area contributed by atoms with E-state index in [1.54, 1.807) is 18.3 Å². The molecule has 1 aliphatic rings. The van der Waals surface area contributed by atoms with Gasteiger partial charge in [0.25, 0.3) is 0 Å². The first kappa shape index (κ1) is 15.2. The first-order valence-electron chi connectivity index (χ1n) is 7.29. The van der Waals surface area contributed by atoms with E-state index in [1.165, 1.54) is 12.8 Å². The van der Waals surface area contributed by atoms with Crippen molar-refractivity contribution < 1.29 is 9.59 Å². The van der Waals surface area contributed by atoms with Gasteiger partial charge in [-0.15, -0.1) is 0 Å². The minimum Gasteiger partial charge on any atom is -0.342 e. The topological polar surface area (TPSA) is 83.5 Å². The van der Waals surface area contributed by atoms with Crippen LogP contribution in [0.25, 0.3) is 0 Å². The highest BCUT2D eigenvalue weighted by Crippen LogP contribution is 2.14. The molecule has 0 spiro atoms. The van der Waals surface area contributed by atoms with Crippen molar-refractivity contribution in [2.24, 2.45) is 5.10 Å². The van der Waals surface area contributed by atoms with Crippen LogP contribution in [0.4, 0.5) is 0 Å². The number of carbonyl (C=O) groups is 2. The molecule has 1 heterocycles. The van der Waals surface area contributed by atoms with E-state index < -0.39 is 11.8 Å². The third-order valence-electron chi connectivity index (χ3n) is 3.36. The van der Waals surface area contributed by atoms with Gasteiger partial charge in [-0.2, -0.15) is 5.10 Å². The summed E-state index contributed by atoms with van der Waals surface area (Å²) in [6.07, 6.45) is 8.04. The SMILES string of the molecule is O=C(NCc1ccccn1)C(=O)NN=C1CCCCCC1. The average molecular weight is 288 g/mol. The number of pyridine rings is 1. The minimum atomic E-state index is -0.734. The Bertz CT molecular complexity index is 504. The lowest BCUT2D eigenvalue weighted by Crippen LogP contribution is -2.37. The molecule has 0 saturated heterocycles. The molecule has 6 heteroatoms. The molecule has 21 heavy (non-hydrogen) atoms. The zero-order valence-corrected chi connectivity index (χ0v) is 12.0. The fourth-order valence-corrected chi connectivity index (χ4v) is 2.18. The molecular formula is C15H20N4O2. The first-order valence-corrected chi connectivity index (χ1v) is 7.29. The standard InChI is InChI=1S/C15H20N4O2/c20-14(17-11-13-9-5-6-10-16-13)15(21)19-18-12-7-3-1-2-4-8-12/h5-6,9-10H,1-4,7-8,11H2,(H,17,20)(H,19,21). The summed E-state index contributed by atoms with van der Waals surface area (Å²) in [5.74, 6) is -1.43. The number of hydrogen-bond acceptors (Lipinski definition) is 4. The Morgan fingerprint density at radius 1 is 1.10 bits per heavy atom. The Morgan fingerprint density at radius 3 is 2.52 bits per heavy atom. The second kappa shape index (κ2) is 8.14. The van der Waals surface area contributed by atoms with Crippen LogP contribution >= 0.6 is 0 Å². The summed E-state index contributed by atoms with van der Waals surface area (Å²) in [5, 5.41) is 6.58. The van der Waals surface area contributed by atoms with Gasteiger partial charge >= 0.3 is 11.8 Å². The lowest BCUT2D eigenvalue weighted by atomic mass is 10.2. The highest BCUT2D eigenvalue weighted by atomic mass is 16.2. The van der Waals surface area contributed by atoms with Crippen LogP contribution in [0.1, 0.15) is 44.2 Å². The van der Waals surface area contributed by atoms with Crippen LogP contribution in [0.15, 0.2) is 29.5 Å². The van der Waals surface area contributed by atoms with Crippen LogP contribution in [0.5, 0.6) is 0 Å². The van der Waals surface area contributed by atoms with E-state index in [2.05, 4.69) is 20.8 Å². The second-order valence-corrected chi connectivity index (χ2v) is 5.04. The Balaban J connectivity index is 1.77. The molecule has 0 atom stereocenters. The number of carbonyl (C=O) groups excluding carboxylic acids is 2. The number of aromatic nitrogens is 1. The van der Waals surface area contributed by atoms with Crippen molar-refractivity contribution in [3.63, 3.8) is 0 Å². The van der Waals surface area contributed by atoms with Crippen molar-refractivity contribution in [1.29, 1.82) is 0 Å². The quantitative estimate of drug-likeness (QED) is 0.502. The maximum atomic E-state index is 11.6. The van der Waals surface area contributed by atoms with Gasteiger partial charge in [0.2, 0.25) is 0 Å². The normalized spacial score (nSPS) is 15.0. The summed E-state index contributed by atoms with van der Waals surface area (Å²) < 4.78 is 0. The monoisotopic (exact) mass is 288 g/mol. The maximum Gasteiger partial charge on any atom is 0.329 e. The fourth-order valence-electron chi connectivity index (χ4n) is 2.18. The Kier molecular flexibility index (Phi) is 5.87. The summed E-state index contributed by atoms with van der Waals surface area (Å²) in [6.45, 7) is 0.226. The van der Waals surface area contributed by atoms with E-state index in [0.29, 0.717) is 5.69 Å². The van der Waals surface area contributed by atoms with Crippen LogP contribution in [0.2, 0.25) is 0 Å². The lowest BCUT2D eigenvalue weighted by molar-refractivity contribution is -0.139. The molecule has 1 aromatic heterocycles. The molecule has 112 valence electrons. The molecule has 0 aliphatic heterocycles. The van der Waals surface area contributed by atoms with Crippen molar-refractivity contribution in [2.45, 2.75) is 45.1 Å². The van der Waals surface area contributed by atoms with Crippen LogP contribution in [0.3, 0.4) is 0 Å². The number of nitrogens with zero attached hydrogens (tertiary/aromatic N) is 2. The van der Waals surface area contributed by atoms with Crippen LogP contribution < -0.4 is 10.7 Å². The summed E-state index contributed by atoms with van der Waals surface area (Å²) in [6, 6.07) is 5.40. The van der Waals surface area contributed by atoms with Gasteiger partial charge in [0.1, 0.15) is 0 Å². The summed E-state index contributed by atoms with van der Waals surface area (Å²) in [7, 11) is 0. The Morgan fingerprint density at radius 2 is 1.86 bits per heavy atom. The number of amides is 2. The summed E-state index contributed by atoms with van der Waals surface area (Å²) in [4.78, 5) is 27.3. The fraction of sp³-hybridized carbons (Fsp3) is 0.467. The van der Waals surface area contributed by atoms with Gasteiger partial charge in [0, 0.05) is 11.9 Å². The zero-order valence-electron chi connectivity index (χ0n) is 12.0. The van der Waals surface area contributed by atoms with Gasteiger partial charge in [-0.1, -0.05) is 18.9 Å². The van der Waals surface area contributed by atoms with Crippen molar-refractivity contribution in [3.8, 4) is 0 Å². The Hall–Kier alpha value is -2.24. The van der Waals surface area contributed by atoms with Crippen molar-refractivity contribution >= 4 is 17.5 Å². The van der Waals surface area contributed by atoms with Crippen molar-refractivity contribution in [2.75, 3.05) is 0 Å². The van der Waals surface area contributed by atoms with Gasteiger partial charge in [0.15, 0.2) is 0 Å². The molecule has 1 saturated carbocycles. The summed E-state index contributed by atoms with van der Waals surface area (Å²) in [5.41, 5.74) is 4.01. The van der Waals surface area contributed by atoms with E-state index in [4.69, 9.17) is 0 Å². The van der Waals surface area contributed by atoms with Crippen LogP contribution in [-0.2, 0) is 16.1 Å². The molecular weight excluding hydrogens is 268 g/mol. The molecule has 1 fully saturated rings. The minimum absolute atomic E-state index is 0.226. The number of rotatable bonds is 3. The number of hydrogen-bond donors (Lipinski definition) is 2. The summed E-state index contributed by atoms with van der Waals surface area (Å²) >= 11 is 0. The predicted octanol–water partition coefficient (Wildman–Crippen LogP) is 1.52. The molecule has 6 nitrogen and oxygen atoms in total. The average Bonchev–Trinajstić information content (AvgIpc) is 2.80. The maximum absolute atomic E-state index is 11.6. The van der Waals surface area contributed by atoms with Crippen molar-refractivity contribution in [1.82, 2.24) is 15.7 Å². The Labute approximate surface area is 124 Å². The third-order valence-corrected chi connectivity index (χ3v) is 3.36. The molecule has 1 aliphatic carbocycles. The van der Waals surface area contributed by atoms with Crippen molar-refractivity contribution in [3.05, 3.63) is 30.1 Å². The van der Waals surface area contributed by atoms with Crippen LogP contribution in [-0.4, -0.2) is 22.5 Å². The molecule has 2 N–H and O–H groups in total. The van der Waals surface area contributed by atoms with E-state index in [-0.39, 0.29) is 6.54 Å². The number of hydrazone groups is 1. The van der Waals surface area contributed by atoms with Crippen LogP contribution in [0, 0.1) is 0 Å². The molecule has 0 radical (unpaired) electrons. The van der Waals surface area contributed by atoms with Gasteiger partial charge < -0.3 is 5.32 Å². The first-order chi connectivity index (χ1) is 10.3. The molecule has 0 aromatic carbocycles. The van der Waals surface area contributed by atoms with Gasteiger partial charge in [-0.25, -0.2) is 5.43 Å². The number of nitrogens with one attached hydrogen (secondary N) is 2. The van der Waals surface area contributed by atoms with E-state index in [9.17, 15) is 9.59 Å². The highest BCUT2D eigenvalue weighted by molar-refractivity contribution is 6.35. The molecule has 1 aromatic rings. The zero-order chi connectivity index (χ0) is 14.9. The third kappa shape index (κ3) is 5.33. The predicted molar refractivity (Wildman–Crippen MR) is 79.4 cm³/mol. The van der Waals surface area contributed by atoms with Gasteiger partial charge in [0.05, 0.1) is 12.2 Å². The van der Waals surface area contributed by atoms with E-state index in [1.807, 2.05) is 6.07 Å².